The predicted molar refractivity (Wildman–Crippen MR) is 99.5 cm³/mol. The average Bonchev–Trinajstić information content (AvgIpc) is 3.17. The van der Waals surface area contributed by atoms with Crippen LogP contribution in [0.5, 0.6) is 11.5 Å². The number of pyridine rings is 1. The first-order valence-corrected chi connectivity index (χ1v) is 8.85. The van der Waals surface area contributed by atoms with Crippen LogP contribution in [-0.2, 0) is 12.0 Å². The van der Waals surface area contributed by atoms with E-state index in [4.69, 9.17) is 9.47 Å². The van der Waals surface area contributed by atoms with Gasteiger partial charge >= 0.3 is 0 Å². The van der Waals surface area contributed by atoms with Crippen molar-refractivity contribution in [2.75, 3.05) is 14.2 Å². The predicted octanol–water partition coefficient (Wildman–Crippen LogP) is 3.95. The van der Waals surface area contributed by atoms with Gasteiger partial charge in [0.05, 0.1) is 14.2 Å². The number of hydrogen-bond donors (Lipinski definition) is 1. The summed E-state index contributed by atoms with van der Waals surface area (Å²) < 4.78 is 11.0. The lowest BCUT2D eigenvalue weighted by Gasteiger charge is -2.30. The highest BCUT2D eigenvalue weighted by Gasteiger charge is 2.36. The Labute approximate surface area is 151 Å². The first kappa shape index (κ1) is 17.5. The van der Waals surface area contributed by atoms with Crippen LogP contribution in [0.25, 0.3) is 0 Å². The monoisotopic (exact) mass is 355 g/mol. The van der Waals surface area contributed by atoms with Crippen molar-refractivity contribution in [2.24, 2.45) is 0 Å². The summed E-state index contributed by atoms with van der Waals surface area (Å²) in [6.45, 7) is 1.96. The Morgan fingerprint density at radius 1 is 1.08 bits per heavy atom. The zero-order valence-electron chi connectivity index (χ0n) is 14.5. The van der Waals surface area contributed by atoms with Crippen LogP contribution >= 0.6 is 11.3 Å². The van der Waals surface area contributed by atoms with Gasteiger partial charge in [-0.2, -0.15) is 0 Å². The lowest BCUT2D eigenvalue weighted by molar-refractivity contribution is 0.0818. The Morgan fingerprint density at radius 3 is 2.40 bits per heavy atom. The van der Waals surface area contributed by atoms with E-state index in [1.807, 2.05) is 48.7 Å². The van der Waals surface area contributed by atoms with Crippen LogP contribution in [0.2, 0.25) is 0 Å². The lowest BCUT2D eigenvalue weighted by atomic mass is 9.84. The maximum Gasteiger partial charge on any atom is 0.131 e. The van der Waals surface area contributed by atoms with Crippen LogP contribution in [0.1, 0.15) is 21.6 Å². The number of aryl methyl sites for hydroxylation is 1. The van der Waals surface area contributed by atoms with Crippen molar-refractivity contribution in [1.29, 1.82) is 0 Å². The molecule has 1 atom stereocenters. The molecule has 0 aliphatic heterocycles. The van der Waals surface area contributed by atoms with Crippen LogP contribution in [0.4, 0.5) is 0 Å². The molecule has 130 valence electrons. The lowest BCUT2D eigenvalue weighted by Crippen LogP contribution is -2.30. The first-order valence-electron chi connectivity index (χ1n) is 7.97. The molecule has 0 fully saturated rings. The zero-order valence-corrected chi connectivity index (χ0v) is 15.3. The largest absolute Gasteiger partial charge is 0.496 e. The standard InChI is InChI=1S/C20H21NO3S/c1-14-11-16(18(24-3)12-17(14)23-2)20(22,19-5-4-10-25-19)13-15-6-8-21-9-7-15/h4-12,22H,13H2,1-3H3. The number of methoxy groups -OCH3 is 2. The molecule has 2 aromatic heterocycles. The van der Waals surface area contributed by atoms with Gasteiger partial charge in [-0.25, -0.2) is 0 Å². The SMILES string of the molecule is COc1cc(OC)c(C(O)(Cc2ccncc2)c2cccs2)cc1C. The van der Waals surface area contributed by atoms with E-state index < -0.39 is 5.60 Å². The van der Waals surface area contributed by atoms with Gasteiger partial charge < -0.3 is 14.6 Å². The number of ether oxygens (including phenoxy) is 2. The second-order valence-electron chi connectivity index (χ2n) is 5.89. The fraction of sp³-hybridized carbons (Fsp3) is 0.250. The Morgan fingerprint density at radius 2 is 1.80 bits per heavy atom. The minimum Gasteiger partial charge on any atom is -0.496 e. The Hall–Kier alpha value is -2.37. The van der Waals surface area contributed by atoms with E-state index in [0.29, 0.717) is 12.2 Å². The fourth-order valence-corrected chi connectivity index (χ4v) is 3.84. The molecule has 2 heterocycles. The minimum absolute atomic E-state index is 0.429. The number of benzene rings is 1. The van der Waals surface area contributed by atoms with Crippen molar-refractivity contribution in [2.45, 2.75) is 18.9 Å². The highest BCUT2D eigenvalue weighted by Crippen LogP contribution is 2.42. The summed E-state index contributed by atoms with van der Waals surface area (Å²) in [6, 6.07) is 11.5. The van der Waals surface area contributed by atoms with Gasteiger partial charge in [0.2, 0.25) is 0 Å². The van der Waals surface area contributed by atoms with Crippen LogP contribution < -0.4 is 9.47 Å². The molecular weight excluding hydrogens is 334 g/mol. The first-order chi connectivity index (χ1) is 12.1. The molecule has 3 rings (SSSR count). The molecule has 0 amide bonds. The second-order valence-corrected chi connectivity index (χ2v) is 6.84. The summed E-state index contributed by atoms with van der Waals surface area (Å²) in [5.41, 5.74) is 1.48. The van der Waals surface area contributed by atoms with E-state index >= 15 is 0 Å². The molecule has 0 aliphatic carbocycles. The molecule has 0 radical (unpaired) electrons. The topological polar surface area (TPSA) is 51.6 Å². The molecule has 0 bridgehead atoms. The maximum atomic E-state index is 11.8. The third-order valence-corrected chi connectivity index (χ3v) is 5.32. The number of aromatic nitrogens is 1. The van der Waals surface area contributed by atoms with Gasteiger partial charge in [0, 0.05) is 35.3 Å². The number of thiophene rings is 1. The minimum atomic E-state index is -1.20. The van der Waals surface area contributed by atoms with Crippen molar-refractivity contribution in [1.82, 2.24) is 4.98 Å². The molecule has 1 unspecified atom stereocenters. The van der Waals surface area contributed by atoms with E-state index in [1.54, 1.807) is 26.6 Å². The van der Waals surface area contributed by atoms with Gasteiger partial charge in [-0.15, -0.1) is 11.3 Å². The summed E-state index contributed by atoms with van der Waals surface area (Å²) in [5.74, 6) is 1.34. The van der Waals surface area contributed by atoms with Crippen molar-refractivity contribution in [3.63, 3.8) is 0 Å². The molecule has 0 spiro atoms. The molecule has 3 aromatic rings. The van der Waals surface area contributed by atoms with E-state index in [0.717, 1.165) is 27.3 Å². The highest BCUT2D eigenvalue weighted by atomic mass is 32.1. The van der Waals surface area contributed by atoms with Crippen LogP contribution in [0.3, 0.4) is 0 Å². The maximum absolute atomic E-state index is 11.8. The Kier molecular flexibility index (Phi) is 5.06. The van der Waals surface area contributed by atoms with Gasteiger partial charge in [0.15, 0.2) is 0 Å². The zero-order chi connectivity index (χ0) is 17.9. The quantitative estimate of drug-likeness (QED) is 0.727. The summed E-state index contributed by atoms with van der Waals surface area (Å²) in [6.07, 6.45) is 3.90. The van der Waals surface area contributed by atoms with E-state index in [1.165, 1.54) is 11.3 Å². The summed E-state index contributed by atoms with van der Waals surface area (Å²) >= 11 is 1.53. The van der Waals surface area contributed by atoms with Crippen molar-refractivity contribution >= 4 is 11.3 Å². The number of nitrogens with zero attached hydrogens (tertiary/aromatic N) is 1. The van der Waals surface area contributed by atoms with E-state index in [9.17, 15) is 5.11 Å². The van der Waals surface area contributed by atoms with Crippen molar-refractivity contribution in [3.05, 3.63) is 75.7 Å². The van der Waals surface area contributed by atoms with Gasteiger partial charge in [-0.3, -0.25) is 4.98 Å². The number of rotatable bonds is 6. The molecule has 25 heavy (non-hydrogen) atoms. The summed E-state index contributed by atoms with van der Waals surface area (Å²) in [7, 11) is 3.23. The molecule has 0 saturated carbocycles. The highest BCUT2D eigenvalue weighted by molar-refractivity contribution is 7.10. The van der Waals surface area contributed by atoms with Crippen LogP contribution in [0.15, 0.2) is 54.2 Å². The molecule has 1 N–H and O–H groups in total. The van der Waals surface area contributed by atoms with Gasteiger partial charge in [-0.05, 0) is 47.7 Å². The third-order valence-electron chi connectivity index (χ3n) is 4.30. The summed E-state index contributed by atoms with van der Waals surface area (Å²) in [5, 5.41) is 13.7. The van der Waals surface area contributed by atoms with Crippen molar-refractivity contribution < 1.29 is 14.6 Å². The third kappa shape index (κ3) is 3.38. The number of hydrogen-bond acceptors (Lipinski definition) is 5. The van der Waals surface area contributed by atoms with E-state index in [-0.39, 0.29) is 0 Å². The summed E-state index contributed by atoms with van der Waals surface area (Å²) in [4.78, 5) is 4.93. The molecule has 1 aromatic carbocycles. The van der Waals surface area contributed by atoms with Crippen molar-refractivity contribution in [3.8, 4) is 11.5 Å². The fourth-order valence-electron chi connectivity index (χ4n) is 3.01. The van der Waals surface area contributed by atoms with Gasteiger partial charge in [-0.1, -0.05) is 6.07 Å². The smallest absolute Gasteiger partial charge is 0.131 e. The molecule has 4 nitrogen and oxygen atoms in total. The normalized spacial score (nSPS) is 13.3. The second kappa shape index (κ2) is 7.25. The molecule has 0 aliphatic rings. The average molecular weight is 355 g/mol. The molecule has 0 saturated heterocycles. The van der Waals surface area contributed by atoms with Gasteiger partial charge in [0.25, 0.3) is 0 Å². The molecular formula is C20H21NO3S. The Balaban J connectivity index is 2.17. The number of aliphatic hydroxyl groups is 1. The van der Waals surface area contributed by atoms with Crippen LogP contribution in [-0.4, -0.2) is 24.3 Å². The van der Waals surface area contributed by atoms with Gasteiger partial charge in [0.1, 0.15) is 17.1 Å². The van der Waals surface area contributed by atoms with Crippen LogP contribution in [0, 0.1) is 6.92 Å². The Bertz CT molecular complexity index is 834. The van der Waals surface area contributed by atoms with E-state index in [2.05, 4.69) is 4.98 Å². The molecule has 5 heteroatoms.